The Hall–Kier alpha value is -2.15. The number of halogens is 3. The second-order valence-corrected chi connectivity index (χ2v) is 10.8. The standard InChI is InChI=1S/C25H29F3N4/c26-19-2-1-18(21(27)6-19)11-32-4-3-20-22(12-32)30-15-31-23(20)29-14-24-7-16-5-17(8-24)10-25(28,9-16)13-24/h1-2,6,15-17H,3-5,7-14H2,(H,29,30,31)/t16-,17+,24?,25?. The third-order valence-corrected chi connectivity index (χ3v) is 8.24. The molecule has 170 valence electrons. The van der Waals surface area contributed by atoms with E-state index in [4.69, 9.17) is 0 Å². The number of fused-ring (bicyclic) bond motifs is 1. The molecule has 1 aromatic carbocycles. The molecule has 4 fully saturated rings. The molecular weight excluding hydrogens is 413 g/mol. The maximum Gasteiger partial charge on any atom is 0.132 e. The SMILES string of the molecule is Fc1ccc(CN2CCc3c(ncnc3NCC34C[C@@H]5C[C@@H](CC(F)(C5)C3)C4)C2)c(F)c1. The lowest BCUT2D eigenvalue weighted by Gasteiger charge is -2.59. The van der Waals surface area contributed by atoms with E-state index in [1.165, 1.54) is 18.6 Å². The van der Waals surface area contributed by atoms with E-state index in [0.717, 1.165) is 68.3 Å². The van der Waals surface area contributed by atoms with Gasteiger partial charge in [-0.05, 0) is 68.3 Å². The van der Waals surface area contributed by atoms with Gasteiger partial charge in [-0.25, -0.2) is 23.1 Å². The molecule has 7 heteroatoms. The predicted octanol–water partition coefficient (Wildman–Crippen LogP) is 5.03. The first-order valence-electron chi connectivity index (χ1n) is 11.8. The van der Waals surface area contributed by atoms with Gasteiger partial charge in [0.25, 0.3) is 0 Å². The van der Waals surface area contributed by atoms with Crippen molar-refractivity contribution in [3.63, 3.8) is 0 Å². The molecule has 1 N–H and O–H groups in total. The van der Waals surface area contributed by atoms with Crippen LogP contribution in [0.15, 0.2) is 24.5 Å². The van der Waals surface area contributed by atoms with Gasteiger partial charge in [-0.3, -0.25) is 4.90 Å². The van der Waals surface area contributed by atoms with Crippen LogP contribution in [0.4, 0.5) is 19.0 Å². The zero-order valence-corrected chi connectivity index (χ0v) is 18.2. The summed E-state index contributed by atoms with van der Waals surface area (Å²) in [6.07, 6.45) is 8.04. The number of anilines is 1. The second-order valence-electron chi connectivity index (χ2n) is 10.8. The summed E-state index contributed by atoms with van der Waals surface area (Å²) < 4.78 is 42.6. The fraction of sp³-hybridized carbons (Fsp3) is 0.600. The van der Waals surface area contributed by atoms with E-state index < -0.39 is 17.3 Å². The monoisotopic (exact) mass is 442 g/mol. The van der Waals surface area contributed by atoms with Crippen LogP contribution in [0.5, 0.6) is 0 Å². The second kappa shape index (κ2) is 7.44. The number of hydrogen-bond acceptors (Lipinski definition) is 4. The van der Waals surface area contributed by atoms with Crippen LogP contribution in [-0.2, 0) is 19.5 Å². The quantitative estimate of drug-likeness (QED) is 0.705. The molecule has 0 amide bonds. The minimum absolute atomic E-state index is 0.0531. The molecule has 1 aliphatic heterocycles. The molecule has 5 aliphatic rings. The summed E-state index contributed by atoms with van der Waals surface area (Å²) in [5, 5.41) is 3.59. The van der Waals surface area contributed by atoms with E-state index in [1.54, 1.807) is 6.33 Å². The van der Waals surface area contributed by atoms with Crippen molar-refractivity contribution in [2.75, 3.05) is 18.4 Å². The van der Waals surface area contributed by atoms with E-state index in [0.29, 0.717) is 36.9 Å². The lowest BCUT2D eigenvalue weighted by Crippen LogP contribution is -2.55. The summed E-state index contributed by atoms with van der Waals surface area (Å²) in [7, 11) is 0. The zero-order chi connectivity index (χ0) is 21.9. The largest absolute Gasteiger partial charge is 0.369 e. The summed E-state index contributed by atoms with van der Waals surface area (Å²) in [4.78, 5) is 11.1. The van der Waals surface area contributed by atoms with Gasteiger partial charge in [0.1, 0.15) is 29.4 Å². The van der Waals surface area contributed by atoms with Gasteiger partial charge in [-0.2, -0.15) is 0 Å². The molecule has 0 radical (unpaired) electrons. The fourth-order valence-corrected chi connectivity index (χ4v) is 7.40. The highest BCUT2D eigenvalue weighted by atomic mass is 19.1. The van der Waals surface area contributed by atoms with Gasteiger partial charge in [0, 0.05) is 43.4 Å². The van der Waals surface area contributed by atoms with Crippen molar-refractivity contribution in [1.29, 1.82) is 0 Å². The van der Waals surface area contributed by atoms with Crippen molar-refractivity contribution < 1.29 is 13.2 Å². The Balaban J connectivity index is 1.15. The third kappa shape index (κ3) is 3.68. The van der Waals surface area contributed by atoms with Gasteiger partial charge < -0.3 is 5.32 Å². The Morgan fingerprint density at radius 2 is 1.91 bits per heavy atom. The molecule has 4 bridgehead atoms. The normalized spacial score (nSPS) is 33.3. The maximum atomic E-state index is 15.3. The van der Waals surface area contributed by atoms with Crippen LogP contribution in [0.1, 0.15) is 55.3 Å². The van der Waals surface area contributed by atoms with Gasteiger partial charge in [0.05, 0.1) is 5.69 Å². The highest BCUT2D eigenvalue weighted by molar-refractivity contribution is 5.47. The fourth-order valence-electron chi connectivity index (χ4n) is 7.40. The minimum Gasteiger partial charge on any atom is -0.369 e. The Labute approximate surface area is 186 Å². The number of aromatic nitrogens is 2. The Bertz CT molecular complexity index is 1030. The van der Waals surface area contributed by atoms with Crippen LogP contribution >= 0.6 is 0 Å². The van der Waals surface area contributed by atoms with Gasteiger partial charge >= 0.3 is 0 Å². The van der Waals surface area contributed by atoms with Crippen LogP contribution in [0.3, 0.4) is 0 Å². The number of hydrogen-bond donors (Lipinski definition) is 1. The van der Waals surface area contributed by atoms with Crippen molar-refractivity contribution in [1.82, 2.24) is 14.9 Å². The molecule has 4 saturated carbocycles. The van der Waals surface area contributed by atoms with E-state index >= 15 is 4.39 Å². The average molecular weight is 443 g/mol. The average Bonchev–Trinajstić information content (AvgIpc) is 2.72. The number of nitrogens with one attached hydrogen (secondary N) is 1. The molecule has 1 aromatic heterocycles. The highest BCUT2D eigenvalue weighted by Crippen LogP contribution is 2.62. The van der Waals surface area contributed by atoms with Crippen LogP contribution in [0, 0.1) is 28.9 Å². The van der Waals surface area contributed by atoms with Gasteiger partial charge in [0.2, 0.25) is 0 Å². The first-order chi connectivity index (χ1) is 15.4. The molecule has 2 heterocycles. The molecule has 4 atom stereocenters. The first kappa shape index (κ1) is 20.5. The summed E-state index contributed by atoms with van der Waals surface area (Å²) in [6.45, 7) is 2.56. The van der Waals surface area contributed by atoms with Gasteiger partial charge in [-0.15, -0.1) is 0 Å². The van der Waals surface area contributed by atoms with E-state index in [9.17, 15) is 8.78 Å². The Morgan fingerprint density at radius 3 is 2.66 bits per heavy atom. The third-order valence-electron chi connectivity index (χ3n) is 8.24. The lowest BCUT2D eigenvalue weighted by atomic mass is 9.48. The lowest BCUT2D eigenvalue weighted by molar-refractivity contribution is -0.117. The van der Waals surface area contributed by atoms with Crippen LogP contribution in [-0.4, -0.2) is 33.6 Å². The van der Waals surface area contributed by atoms with Crippen molar-refractivity contribution in [3.05, 3.63) is 53.0 Å². The first-order valence-corrected chi connectivity index (χ1v) is 11.8. The number of rotatable bonds is 5. The smallest absolute Gasteiger partial charge is 0.132 e. The Morgan fingerprint density at radius 1 is 1.09 bits per heavy atom. The summed E-state index contributed by atoms with van der Waals surface area (Å²) in [5.74, 6) is 0.885. The number of nitrogens with zero attached hydrogens (tertiary/aromatic N) is 3. The van der Waals surface area contributed by atoms with Crippen molar-refractivity contribution in [2.24, 2.45) is 17.3 Å². The topological polar surface area (TPSA) is 41.1 Å². The molecule has 32 heavy (non-hydrogen) atoms. The van der Waals surface area contributed by atoms with Gasteiger partial charge in [0.15, 0.2) is 0 Å². The van der Waals surface area contributed by atoms with Crippen LogP contribution < -0.4 is 5.32 Å². The van der Waals surface area contributed by atoms with Gasteiger partial charge in [-0.1, -0.05) is 6.07 Å². The number of benzene rings is 1. The van der Waals surface area contributed by atoms with E-state index in [-0.39, 0.29) is 5.41 Å². The molecule has 0 spiro atoms. The van der Waals surface area contributed by atoms with Crippen molar-refractivity contribution in [2.45, 2.75) is 63.7 Å². The van der Waals surface area contributed by atoms with Crippen LogP contribution in [0.2, 0.25) is 0 Å². The minimum atomic E-state index is -0.951. The van der Waals surface area contributed by atoms with Crippen molar-refractivity contribution in [3.8, 4) is 0 Å². The molecule has 7 rings (SSSR count). The predicted molar refractivity (Wildman–Crippen MR) is 116 cm³/mol. The summed E-state index contributed by atoms with van der Waals surface area (Å²) in [6, 6.07) is 3.74. The summed E-state index contributed by atoms with van der Waals surface area (Å²) in [5.41, 5.74) is 1.65. The Kier molecular flexibility index (Phi) is 4.75. The molecule has 2 aromatic rings. The van der Waals surface area contributed by atoms with E-state index in [1.807, 2.05) is 0 Å². The molecular formula is C25H29F3N4. The maximum absolute atomic E-state index is 15.3. The highest BCUT2D eigenvalue weighted by Gasteiger charge is 2.58. The van der Waals surface area contributed by atoms with E-state index in [2.05, 4.69) is 20.2 Å². The molecule has 4 nitrogen and oxygen atoms in total. The molecule has 2 unspecified atom stereocenters. The van der Waals surface area contributed by atoms with Crippen molar-refractivity contribution >= 4 is 5.82 Å². The number of alkyl halides is 1. The van der Waals surface area contributed by atoms with Crippen LogP contribution in [0.25, 0.3) is 0 Å². The zero-order valence-electron chi connectivity index (χ0n) is 18.2. The molecule has 4 aliphatic carbocycles. The molecule has 0 saturated heterocycles. The summed E-state index contributed by atoms with van der Waals surface area (Å²) >= 11 is 0.